The molecule has 0 amide bonds. The van der Waals surface area contributed by atoms with Crippen LogP contribution >= 0.6 is 11.8 Å². The largest absolute Gasteiger partial charge is 0.330 e. The summed E-state index contributed by atoms with van der Waals surface area (Å²) >= 11 is 2.08. The van der Waals surface area contributed by atoms with Crippen molar-refractivity contribution < 1.29 is 0 Å². The van der Waals surface area contributed by atoms with Crippen molar-refractivity contribution in [1.82, 2.24) is 4.90 Å². The van der Waals surface area contributed by atoms with Crippen LogP contribution in [-0.4, -0.2) is 42.1 Å². The van der Waals surface area contributed by atoms with Crippen molar-refractivity contribution in [3.8, 4) is 0 Å². The van der Waals surface area contributed by atoms with E-state index in [-0.39, 0.29) is 0 Å². The fraction of sp³-hybridized carbons (Fsp3) is 1.00. The Bertz CT molecular complexity index is 161. The molecule has 1 aliphatic heterocycles. The molecule has 2 nitrogen and oxygen atoms in total. The Morgan fingerprint density at radius 3 is 2.71 bits per heavy atom. The molecule has 0 aromatic carbocycles. The van der Waals surface area contributed by atoms with Gasteiger partial charge in [-0.3, -0.25) is 4.90 Å². The van der Waals surface area contributed by atoms with Crippen molar-refractivity contribution in [2.24, 2.45) is 17.6 Å². The van der Waals surface area contributed by atoms with E-state index in [2.05, 4.69) is 37.4 Å². The fourth-order valence-electron chi connectivity index (χ4n) is 1.89. The minimum absolute atomic E-state index is 0.667. The summed E-state index contributed by atoms with van der Waals surface area (Å²) in [6.07, 6.45) is 0. The smallest absolute Gasteiger partial charge is 0.0158 e. The lowest BCUT2D eigenvalue weighted by Crippen LogP contribution is -2.45. The van der Waals surface area contributed by atoms with E-state index in [1.807, 2.05) is 0 Å². The summed E-state index contributed by atoms with van der Waals surface area (Å²) in [6.45, 7) is 10.2. The molecule has 1 rings (SSSR count). The van der Waals surface area contributed by atoms with E-state index >= 15 is 0 Å². The number of nitrogens with zero attached hydrogens (tertiary/aromatic N) is 1. The molecule has 84 valence electrons. The summed E-state index contributed by atoms with van der Waals surface area (Å²) in [6, 6.07) is 0.738. The van der Waals surface area contributed by atoms with E-state index in [9.17, 15) is 0 Å². The maximum atomic E-state index is 5.80. The Kier molecular flexibility index (Phi) is 5.28. The Labute approximate surface area is 92.6 Å². The molecule has 14 heavy (non-hydrogen) atoms. The molecule has 0 radical (unpaired) electrons. The zero-order chi connectivity index (χ0) is 10.6. The third kappa shape index (κ3) is 3.44. The van der Waals surface area contributed by atoms with Gasteiger partial charge in [-0.25, -0.2) is 0 Å². The molecule has 1 fully saturated rings. The maximum Gasteiger partial charge on any atom is 0.0158 e. The molecule has 2 atom stereocenters. The van der Waals surface area contributed by atoms with E-state index in [4.69, 9.17) is 5.73 Å². The number of thioether (sulfide) groups is 1. The first-order chi connectivity index (χ1) is 6.65. The molecule has 3 heteroatoms. The lowest BCUT2D eigenvalue weighted by molar-refractivity contribution is 0.175. The summed E-state index contributed by atoms with van der Waals surface area (Å²) in [5, 5.41) is 0. The lowest BCUT2D eigenvalue weighted by Gasteiger charge is -2.36. The average Bonchev–Trinajstić information content (AvgIpc) is 2.16. The van der Waals surface area contributed by atoms with Gasteiger partial charge in [-0.05, 0) is 25.3 Å². The van der Waals surface area contributed by atoms with Gasteiger partial charge in [0.1, 0.15) is 0 Å². The van der Waals surface area contributed by atoms with Gasteiger partial charge >= 0.3 is 0 Å². The first-order valence-corrected chi connectivity index (χ1v) is 6.82. The molecule has 1 aliphatic rings. The molecule has 0 bridgehead atoms. The van der Waals surface area contributed by atoms with E-state index in [1.54, 1.807) is 0 Å². The van der Waals surface area contributed by atoms with Crippen molar-refractivity contribution in [3.63, 3.8) is 0 Å². The van der Waals surface area contributed by atoms with Gasteiger partial charge in [0, 0.05) is 30.6 Å². The number of hydrogen-bond donors (Lipinski definition) is 1. The van der Waals surface area contributed by atoms with Gasteiger partial charge in [-0.2, -0.15) is 11.8 Å². The van der Waals surface area contributed by atoms with Crippen LogP contribution in [0.4, 0.5) is 0 Å². The number of rotatable bonds is 4. The van der Waals surface area contributed by atoms with Crippen molar-refractivity contribution in [3.05, 3.63) is 0 Å². The van der Waals surface area contributed by atoms with Gasteiger partial charge < -0.3 is 5.73 Å². The zero-order valence-electron chi connectivity index (χ0n) is 9.70. The fourth-order valence-corrected chi connectivity index (χ4v) is 2.97. The molecule has 0 aromatic rings. The van der Waals surface area contributed by atoms with Crippen LogP contribution in [0.15, 0.2) is 0 Å². The quantitative estimate of drug-likeness (QED) is 0.775. The van der Waals surface area contributed by atoms with Gasteiger partial charge in [0.25, 0.3) is 0 Å². The molecule has 2 N–H and O–H groups in total. The second-order valence-corrected chi connectivity index (χ2v) is 5.81. The summed E-state index contributed by atoms with van der Waals surface area (Å²) in [4.78, 5) is 2.61. The van der Waals surface area contributed by atoms with Gasteiger partial charge in [-0.1, -0.05) is 13.8 Å². The Balaban J connectivity index is 2.39. The van der Waals surface area contributed by atoms with E-state index in [1.165, 1.54) is 24.6 Å². The highest BCUT2D eigenvalue weighted by Gasteiger charge is 2.22. The van der Waals surface area contributed by atoms with Crippen molar-refractivity contribution in [2.45, 2.75) is 26.8 Å². The average molecular weight is 216 g/mol. The highest BCUT2D eigenvalue weighted by Crippen LogP contribution is 2.19. The van der Waals surface area contributed by atoms with Crippen molar-refractivity contribution >= 4 is 11.8 Å². The zero-order valence-corrected chi connectivity index (χ0v) is 10.5. The number of nitrogens with two attached hydrogens (primary N) is 1. The van der Waals surface area contributed by atoms with Crippen LogP contribution in [0.1, 0.15) is 20.8 Å². The normalized spacial score (nSPS) is 26.8. The standard InChI is InChI=1S/C11H24N2S/c1-9(2)11(6-12)7-13-4-5-14-8-10(13)3/h9-11H,4-8,12H2,1-3H3. The maximum absolute atomic E-state index is 5.80. The molecule has 2 unspecified atom stereocenters. The van der Waals surface area contributed by atoms with E-state index in [0.29, 0.717) is 11.8 Å². The molecule has 1 heterocycles. The van der Waals surface area contributed by atoms with E-state index < -0.39 is 0 Å². The Morgan fingerprint density at radius 2 is 2.21 bits per heavy atom. The van der Waals surface area contributed by atoms with Crippen LogP contribution < -0.4 is 5.73 Å². The van der Waals surface area contributed by atoms with Gasteiger partial charge in [-0.15, -0.1) is 0 Å². The van der Waals surface area contributed by atoms with Crippen LogP contribution in [0, 0.1) is 11.8 Å². The number of hydrogen-bond acceptors (Lipinski definition) is 3. The molecule has 0 aliphatic carbocycles. The van der Waals surface area contributed by atoms with Crippen molar-refractivity contribution in [2.75, 3.05) is 31.1 Å². The highest BCUT2D eigenvalue weighted by molar-refractivity contribution is 7.99. The monoisotopic (exact) mass is 216 g/mol. The summed E-state index contributed by atoms with van der Waals surface area (Å²) in [5.74, 6) is 3.96. The van der Waals surface area contributed by atoms with E-state index in [0.717, 1.165) is 12.6 Å². The predicted octanol–water partition coefficient (Wildman–Crippen LogP) is 1.65. The minimum Gasteiger partial charge on any atom is -0.330 e. The second kappa shape index (κ2) is 5.99. The highest BCUT2D eigenvalue weighted by atomic mass is 32.2. The molecule has 0 saturated carbocycles. The first kappa shape index (κ1) is 12.3. The van der Waals surface area contributed by atoms with Gasteiger partial charge in [0.2, 0.25) is 0 Å². The van der Waals surface area contributed by atoms with Crippen LogP contribution in [0.5, 0.6) is 0 Å². The van der Waals surface area contributed by atoms with Crippen LogP contribution in [0.3, 0.4) is 0 Å². The molecule has 0 aromatic heterocycles. The third-order valence-electron chi connectivity index (χ3n) is 3.22. The summed E-state index contributed by atoms with van der Waals surface area (Å²) in [5.41, 5.74) is 5.80. The summed E-state index contributed by atoms with van der Waals surface area (Å²) in [7, 11) is 0. The van der Waals surface area contributed by atoms with Crippen molar-refractivity contribution in [1.29, 1.82) is 0 Å². The first-order valence-electron chi connectivity index (χ1n) is 5.67. The second-order valence-electron chi connectivity index (χ2n) is 4.66. The Morgan fingerprint density at radius 1 is 1.50 bits per heavy atom. The van der Waals surface area contributed by atoms with Gasteiger partial charge in [0.15, 0.2) is 0 Å². The summed E-state index contributed by atoms with van der Waals surface area (Å²) < 4.78 is 0. The Hall–Kier alpha value is 0.270. The van der Waals surface area contributed by atoms with Gasteiger partial charge in [0.05, 0.1) is 0 Å². The molecule has 0 spiro atoms. The third-order valence-corrected chi connectivity index (χ3v) is 4.41. The van der Waals surface area contributed by atoms with Crippen LogP contribution in [-0.2, 0) is 0 Å². The predicted molar refractivity (Wildman–Crippen MR) is 65.7 cm³/mol. The molecular weight excluding hydrogens is 192 g/mol. The lowest BCUT2D eigenvalue weighted by atomic mass is 9.95. The SMILES string of the molecule is CC(C)C(CN)CN1CCSCC1C. The van der Waals surface area contributed by atoms with Crippen LogP contribution in [0.25, 0.3) is 0 Å². The molecule has 1 saturated heterocycles. The topological polar surface area (TPSA) is 29.3 Å². The molecular formula is C11H24N2S. The van der Waals surface area contributed by atoms with Crippen LogP contribution in [0.2, 0.25) is 0 Å². The minimum atomic E-state index is 0.667.